The third-order valence-corrected chi connectivity index (χ3v) is 4.19. The van der Waals surface area contributed by atoms with E-state index >= 15 is 0 Å². The summed E-state index contributed by atoms with van der Waals surface area (Å²) >= 11 is 1.93. The fourth-order valence-corrected chi connectivity index (χ4v) is 3.18. The van der Waals surface area contributed by atoms with E-state index < -0.39 is 0 Å². The van der Waals surface area contributed by atoms with Gasteiger partial charge < -0.3 is 5.32 Å². The molecule has 1 aliphatic rings. The van der Waals surface area contributed by atoms with Crippen LogP contribution >= 0.6 is 11.8 Å². The summed E-state index contributed by atoms with van der Waals surface area (Å²) in [6.07, 6.45) is 4.20. The Kier molecular flexibility index (Phi) is 4.26. The van der Waals surface area contributed by atoms with E-state index in [-0.39, 0.29) is 0 Å². The van der Waals surface area contributed by atoms with Gasteiger partial charge in [0.1, 0.15) is 6.54 Å². The number of rotatable bonds is 4. The first kappa shape index (κ1) is 12.2. The Bertz CT molecular complexity index is 423. The molecule has 1 N–H and O–H groups in total. The van der Waals surface area contributed by atoms with Gasteiger partial charge in [0.05, 0.1) is 5.75 Å². The first-order valence-electron chi connectivity index (χ1n) is 6.05. The molecule has 1 heterocycles. The van der Waals surface area contributed by atoms with Gasteiger partial charge in [0, 0.05) is 18.0 Å². The predicted molar refractivity (Wildman–Crippen MR) is 76.9 cm³/mol. The molecule has 3 heteroatoms. The van der Waals surface area contributed by atoms with Crippen LogP contribution in [0.1, 0.15) is 13.8 Å². The van der Waals surface area contributed by atoms with Crippen LogP contribution in [-0.4, -0.2) is 28.0 Å². The molecular formula is C14H19N2S+. The van der Waals surface area contributed by atoms with Gasteiger partial charge in [-0.1, -0.05) is 30.0 Å². The molecule has 1 aromatic carbocycles. The van der Waals surface area contributed by atoms with Crippen LogP contribution in [0.25, 0.3) is 0 Å². The molecule has 0 amide bonds. The maximum atomic E-state index is 3.29. The largest absolute Gasteiger partial charge is 0.361 e. The van der Waals surface area contributed by atoms with Crippen LogP contribution in [0.15, 0.2) is 42.6 Å². The standard InChI is InChI=1S/C14H18N2S/c1-3-16-12(2)11-17-14(16)9-10-15-13-7-5-4-6-8-13/h4-10,12H,3,11H2,1-2H3/p+1. The molecule has 1 atom stereocenters. The van der Waals surface area contributed by atoms with Crippen LogP contribution in [0.4, 0.5) is 5.69 Å². The Labute approximate surface area is 107 Å². The van der Waals surface area contributed by atoms with Crippen LogP contribution < -0.4 is 5.32 Å². The maximum Gasteiger partial charge on any atom is 0.236 e. The number of para-hydroxylation sites is 1. The summed E-state index contributed by atoms with van der Waals surface area (Å²) in [6.45, 7) is 5.57. The molecule has 0 bridgehead atoms. The lowest BCUT2D eigenvalue weighted by atomic mass is 10.3. The third-order valence-electron chi connectivity index (χ3n) is 2.88. The molecular weight excluding hydrogens is 228 g/mol. The van der Waals surface area contributed by atoms with Crippen LogP contribution in [0.5, 0.6) is 0 Å². The van der Waals surface area contributed by atoms with E-state index in [9.17, 15) is 0 Å². The highest BCUT2D eigenvalue weighted by molar-refractivity contribution is 8.14. The van der Waals surface area contributed by atoms with Crippen LogP contribution in [0.3, 0.4) is 0 Å². The number of hydrogen-bond donors (Lipinski definition) is 1. The van der Waals surface area contributed by atoms with Crippen LogP contribution in [-0.2, 0) is 0 Å². The average molecular weight is 247 g/mol. The molecule has 1 aliphatic heterocycles. The lowest BCUT2D eigenvalue weighted by Crippen LogP contribution is -2.22. The van der Waals surface area contributed by atoms with E-state index in [0.29, 0.717) is 6.04 Å². The van der Waals surface area contributed by atoms with Gasteiger partial charge in [0.2, 0.25) is 5.04 Å². The van der Waals surface area contributed by atoms with Crippen molar-refractivity contribution in [2.24, 2.45) is 0 Å². The Hall–Kier alpha value is -1.22. The molecule has 1 unspecified atom stereocenters. The zero-order valence-corrected chi connectivity index (χ0v) is 11.2. The highest BCUT2D eigenvalue weighted by atomic mass is 32.2. The van der Waals surface area contributed by atoms with Gasteiger partial charge in [-0.2, -0.15) is 0 Å². The fourth-order valence-electron chi connectivity index (χ4n) is 1.95. The number of anilines is 1. The lowest BCUT2D eigenvalue weighted by Gasteiger charge is -2.01. The van der Waals surface area contributed by atoms with Gasteiger partial charge in [0.15, 0.2) is 6.04 Å². The summed E-state index contributed by atoms with van der Waals surface area (Å²) < 4.78 is 2.44. The van der Waals surface area contributed by atoms with E-state index in [1.54, 1.807) is 0 Å². The molecule has 0 radical (unpaired) electrons. The molecule has 1 aromatic rings. The van der Waals surface area contributed by atoms with Crippen molar-refractivity contribution < 1.29 is 4.58 Å². The summed E-state index contributed by atoms with van der Waals surface area (Å²) in [5.41, 5.74) is 1.13. The van der Waals surface area contributed by atoms with Crippen molar-refractivity contribution in [1.29, 1.82) is 0 Å². The van der Waals surface area contributed by atoms with Crippen LogP contribution in [0, 0.1) is 0 Å². The number of nitrogens with zero attached hydrogens (tertiary/aromatic N) is 1. The summed E-state index contributed by atoms with van der Waals surface area (Å²) in [7, 11) is 0. The summed E-state index contributed by atoms with van der Waals surface area (Å²) in [5, 5.41) is 4.65. The SMILES string of the molecule is CC[N+]1=C(/C=C/Nc2ccccc2)SCC1C. The van der Waals surface area contributed by atoms with Crippen molar-refractivity contribution in [3.05, 3.63) is 42.6 Å². The Morgan fingerprint density at radius 3 is 2.88 bits per heavy atom. The second-order valence-corrected chi connectivity index (χ2v) is 5.17. The minimum atomic E-state index is 0.654. The fraction of sp³-hybridized carbons (Fsp3) is 0.357. The molecule has 0 saturated heterocycles. The van der Waals surface area contributed by atoms with Gasteiger partial charge in [-0.05, 0) is 26.0 Å². The van der Waals surface area contributed by atoms with Gasteiger partial charge in [-0.25, -0.2) is 4.58 Å². The average Bonchev–Trinajstić information content (AvgIpc) is 2.71. The molecule has 90 valence electrons. The molecule has 17 heavy (non-hydrogen) atoms. The third kappa shape index (κ3) is 3.13. The van der Waals surface area contributed by atoms with Crippen molar-refractivity contribution in [2.45, 2.75) is 19.9 Å². The number of nitrogens with one attached hydrogen (secondary N) is 1. The summed E-state index contributed by atoms with van der Waals surface area (Å²) in [5.74, 6) is 1.19. The van der Waals surface area contributed by atoms with Gasteiger partial charge in [-0.3, -0.25) is 0 Å². The Morgan fingerprint density at radius 1 is 1.41 bits per heavy atom. The van der Waals surface area contributed by atoms with Crippen LogP contribution in [0.2, 0.25) is 0 Å². The van der Waals surface area contributed by atoms with Crippen molar-refractivity contribution in [2.75, 3.05) is 17.6 Å². The van der Waals surface area contributed by atoms with E-state index in [1.807, 2.05) is 36.2 Å². The second kappa shape index (κ2) is 5.92. The number of hydrogen-bond acceptors (Lipinski definition) is 2. The van der Waals surface area contributed by atoms with Crippen molar-refractivity contribution in [3.8, 4) is 0 Å². The van der Waals surface area contributed by atoms with Crippen molar-refractivity contribution >= 4 is 22.5 Å². The maximum absolute atomic E-state index is 3.29. The highest BCUT2D eigenvalue weighted by Crippen LogP contribution is 2.18. The van der Waals surface area contributed by atoms with Crippen molar-refractivity contribution in [3.63, 3.8) is 0 Å². The molecule has 0 saturated carbocycles. The van der Waals surface area contributed by atoms with E-state index in [0.717, 1.165) is 12.2 Å². The predicted octanol–water partition coefficient (Wildman–Crippen LogP) is 3.18. The monoisotopic (exact) mass is 247 g/mol. The number of benzene rings is 1. The minimum Gasteiger partial charge on any atom is -0.361 e. The second-order valence-electron chi connectivity index (χ2n) is 4.13. The zero-order chi connectivity index (χ0) is 12.1. The zero-order valence-electron chi connectivity index (χ0n) is 10.4. The van der Waals surface area contributed by atoms with Gasteiger partial charge in [-0.15, -0.1) is 0 Å². The Morgan fingerprint density at radius 2 is 2.18 bits per heavy atom. The van der Waals surface area contributed by atoms with E-state index in [2.05, 4.69) is 41.9 Å². The van der Waals surface area contributed by atoms with E-state index in [4.69, 9.17) is 0 Å². The number of thioether (sulfide) groups is 1. The quantitative estimate of drug-likeness (QED) is 0.822. The topological polar surface area (TPSA) is 15.0 Å². The van der Waals surface area contributed by atoms with Gasteiger partial charge >= 0.3 is 0 Å². The minimum absolute atomic E-state index is 0.654. The normalized spacial score (nSPS) is 20.2. The lowest BCUT2D eigenvalue weighted by molar-refractivity contribution is -0.547. The molecule has 0 fully saturated rings. The summed E-state index contributed by atoms with van der Waals surface area (Å²) in [4.78, 5) is 0. The molecule has 0 aliphatic carbocycles. The van der Waals surface area contributed by atoms with Gasteiger partial charge in [0.25, 0.3) is 0 Å². The first-order valence-corrected chi connectivity index (χ1v) is 7.04. The highest BCUT2D eigenvalue weighted by Gasteiger charge is 2.26. The smallest absolute Gasteiger partial charge is 0.236 e. The summed E-state index contributed by atoms with van der Waals surface area (Å²) in [6, 6.07) is 10.9. The first-order chi connectivity index (χ1) is 8.31. The van der Waals surface area contributed by atoms with Crippen molar-refractivity contribution in [1.82, 2.24) is 0 Å². The Balaban J connectivity index is 1.99. The molecule has 2 nitrogen and oxygen atoms in total. The molecule has 2 rings (SSSR count). The molecule has 0 aromatic heterocycles. The molecule has 0 spiro atoms. The van der Waals surface area contributed by atoms with E-state index in [1.165, 1.54) is 10.8 Å².